The average Bonchev–Trinajstić information content (AvgIpc) is 1.90. The maximum absolute atomic E-state index is 12.2. The standard InChI is InChI=1S/C6H8BFO/c8-6-3-1-5(7-9)2-4-6/h1,3,7,9H,2,4H2. The van der Waals surface area contributed by atoms with Gasteiger partial charge in [-0.25, -0.2) is 4.39 Å². The molecule has 0 atom stereocenters. The minimum Gasteiger partial charge on any atom is -0.449 e. The lowest BCUT2D eigenvalue weighted by Gasteiger charge is -2.04. The van der Waals surface area contributed by atoms with Crippen molar-refractivity contribution in [3.63, 3.8) is 0 Å². The quantitative estimate of drug-likeness (QED) is 0.516. The molecule has 0 heterocycles. The first kappa shape index (κ1) is 6.55. The lowest BCUT2D eigenvalue weighted by Crippen LogP contribution is -1.98. The molecular weight excluding hydrogens is 118 g/mol. The predicted molar refractivity (Wildman–Crippen MR) is 35.9 cm³/mol. The molecule has 9 heavy (non-hydrogen) atoms. The van der Waals surface area contributed by atoms with Gasteiger partial charge in [0, 0.05) is 6.42 Å². The van der Waals surface area contributed by atoms with Crippen LogP contribution >= 0.6 is 0 Å². The zero-order chi connectivity index (χ0) is 6.69. The van der Waals surface area contributed by atoms with Crippen LogP contribution in [0.2, 0.25) is 0 Å². The highest BCUT2D eigenvalue weighted by Crippen LogP contribution is 2.17. The van der Waals surface area contributed by atoms with Gasteiger partial charge >= 0.3 is 7.48 Å². The molecule has 1 N–H and O–H groups in total. The molecule has 0 aliphatic heterocycles. The number of hydrogen-bond donors (Lipinski definition) is 1. The molecule has 0 amide bonds. The minimum absolute atomic E-state index is 0.0593. The third-order valence-corrected chi connectivity index (χ3v) is 1.39. The first-order valence-corrected chi connectivity index (χ1v) is 2.98. The van der Waals surface area contributed by atoms with Crippen molar-refractivity contribution in [2.75, 3.05) is 0 Å². The van der Waals surface area contributed by atoms with Crippen LogP contribution < -0.4 is 0 Å². The summed E-state index contributed by atoms with van der Waals surface area (Å²) >= 11 is 0. The molecule has 1 aliphatic rings. The molecule has 0 saturated carbocycles. The molecule has 1 rings (SSSR count). The molecule has 0 aromatic heterocycles. The van der Waals surface area contributed by atoms with Gasteiger partial charge in [0.05, 0.1) is 0 Å². The largest absolute Gasteiger partial charge is 0.449 e. The van der Waals surface area contributed by atoms with Crippen molar-refractivity contribution < 1.29 is 9.41 Å². The van der Waals surface area contributed by atoms with Gasteiger partial charge in [-0.2, -0.15) is 0 Å². The van der Waals surface area contributed by atoms with Gasteiger partial charge in [-0.05, 0) is 12.5 Å². The highest BCUT2D eigenvalue weighted by molar-refractivity contribution is 6.36. The van der Waals surface area contributed by atoms with Gasteiger partial charge in [-0.3, -0.25) is 0 Å². The van der Waals surface area contributed by atoms with E-state index in [0.717, 1.165) is 5.47 Å². The molecule has 48 valence electrons. The summed E-state index contributed by atoms with van der Waals surface area (Å²) in [5.74, 6) is -0.0906. The maximum atomic E-state index is 12.2. The average molecular weight is 126 g/mol. The van der Waals surface area contributed by atoms with Crippen LogP contribution in [0.3, 0.4) is 0 Å². The lowest BCUT2D eigenvalue weighted by molar-refractivity contribution is 0.576. The van der Waals surface area contributed by atoms with E-state index in [0.29, 0.717) is 12.8 Å². The Labute approximate surface area is 54.2 Å². The molecule has 0 unspecified atom stereocenters. The van der Waals surface area contributed by atoms with Gasteiger partial charge in [0.2, 0.25) is 0 Å². The smallest absolute Gasteiger partial charge is 0.300 e. The van der Waals surface area contributed by atoms with Crippen molar-refractivity contribution in [2.45, 2.75) is 12.8 Å². The van der Waals surface area contributed by atoms with Crippen LogP contribution in [0.4, 0.5) is 4.39 Å². The number of allylic oxidation sites excluding steroid dienone is 4. The van der Waals surface area contributed by atoms with E-state index in [2.05, 4.69) is 0 Å². The van der Waals surface area contributed by atoms with E-state index in [4.69, 9.17) is 5.02 Å². The van der Waals surface area contributed by atoms with Gasteiger partial charge < -0.3 is 5.02 Å². The number of rotatable bonds is 1. The second-order valence-electron chi connectivity index (χ2n) is 2.10. The summed E-state index contributed by atoms with van der Waals surface area (Å²) in [6, 6.07) is 0. The molecule has 0 spiro atoms. The lowest BCUT2D eigenvalue weighted by atomic mass is 9.82. The maximum Gasteiger partial charge on any atom is 0.300 e. The Morgan fingerprint density at radius 3 is 2.67 bits per heavy atom. The Bertz CT molecular complexity index is 162. The first-order valence-electron chi connectivity index (χ1n) is 2.98. The van der Waals surface area contributed by atoms with E-state index < -0.39 is 0 Å². The predicted octanol–water partition coefficient (Wildman–Crippen LogP) is 0.861. The molecule has 0 aromatic rings. The molecular formula is C6H8BFO. The van der Waals surface area contributed by atoms with E-state index in [1.165, 1.54) is 6.08 Å². The zero-order valence-electron chi connectivity index (χ0n) is 5.10. The molecule has 3 heteroatoms. The molecule has 0 aromatic carbocycles. The number of hydrogen-bond acceptors (Lipinski definition) is 1. The van der Waals surface area contributed by atoms with Gasteiger partial charge in [0.25, 0.3) is 0 Å². The SMILES string of the molecule is OBC1=CC=C(F)CC1. The molecule has 1 nitrogen and oxygen atoms in total. The van der Waals surface area contributed by atoms with Crippen LogP contribution in [0.1, 0.15) is 12.8 Å². The van der Waals surface area contributed by atoms with Crippen molar-refractivity contribution in [2.24, 2.45) is 0 Å². The van der Waals surface area contributed by atoms with Crippen molar-refractivity contribution >= 4 is 7.48 Å². The zero-order valence-corrected chi connectivity index (χ0v) is 5.10. The molecule has 0 bridgehead atoms. The highest BCUT2D eigenvalue weighted by atomic mass is 19.1. The first-order chi connectivity index (χ1) is 4.33. The Hall–Kier alpha value is -0.565. The van der Waals surface area contributed by atoms with E-state index in [9.17, 15) is 4.39 Å². The van der Waals surface area contributed by atoms with Gasteiger partial charge in [-0.1, -0.05) is 11.5 Å². The summed E-state index contributed by atoms with van der Waals surface area (Å²) in [4.78, 5) is 0. The second-order valence-corrected chi connectivity index (χ2v) is 2.10. The van der Waals surface area contributed by atoms with Crippen molar-refractivity contribution in [3.8, 4) is 0 Å². The summed E-state index contributed by atoms with van der Waals surface area (Å²) in [5, 5.41) is 8.56. The van der Waals surface area contributed by atoms with Crippen molar-refractivity contribution in [3.05, 3.63) is 23.5 Å². The molecule has 0 saturated heterocycles. The number of halogens is 1. The fourth-order valence-electron chi connectivity index (χ4n) is 0.787. The normalized spacial score (nSPS) is 18.4. The van der Waals surface area contributed by atoms with Crippen molar-refractivity contribution in [1.29, 1.82) is 0 Å². The Morgan fingerprint density at radius 2 is 2.22 bits per heavy atom. The van der Waals surface area contributed by atoms with Crippen LogP contribution in [0, 0.1) is 0 Å². The van der Waals surface area contributed by atoms with Gasteiger partial charge in [-0.15, -0.1) is 0 Å². The molecule has 0 fully saturated rings. The fraction of sp³-hybridized carbons (Fsp3) is 0.333. The molecule has 0 radical (unpaired) electrons. The van der Waals surface area contributed by atoms with Gasteiger partial charge in [0.15, 0.2) is 0 Å². The summed E-state index contributed by atoms with van der Waals surface area (Å²) in [5.41, 5.74) is 0.913. The fourth-order valence-corrected chi connectivity index (χ4v) is 0.787. The van der Waals surface area contributed by atoms with Crippen LogP contribution in [-0.2, 0) is 0 Å². The Balaban J connectivity index is 2.59. The summed E-state index contributed by atoms with van der Waals surface area (Å²) in [6.45, 7) is 0. The summed E-state index contributed by atoms with van der Waals surface area (Å²) in [6.07, 6.45) is 4.17. The van der Waals surface area contributed by atoms with Crippen LogP contribution in [0.15, 0.2) is 23.5 Å². The Morgan fingerprint density at radius 1 is 1.44 bits per heavy atom. The van der Waals surface area contributed by atoms with Crippen molar-refractivity contribution in [1.82, 2.24) is 0 Å². The highest BCUT2D eigenvalue weighted by Gasteiger charge is 2.04. The Kier molecular flexibility index (Phi) is 2.06. The van der Waals surface area contributed by atoms with Crippen LogP contribution in [0.5, 0.6) is 0 Å². The topological polar surface area (TPSA) is 20.2 Å². The van der Waals surface area contributed by atoms with E-state index in [1.54, 1.807) is 6.08 Å². The van der Waals surface area contributed by atoms with E-state index >= 15 is 0 Å². The van der Waals surface area contributed by atoms with Crippen LogP contribution in [0.25, 0.3) is 0 Å². The third-order valence-electron chi connectivity index (χ3n) is 1.39. The molecule has 1 aliphatic carbocycles. The van der Waals surface area contributed by atoms with E-state index in [1.807, 2.05) is 0 Å². The second kappa shape index (κ2) is 2.83. The third kappa shape index (κ3) is 1.68. The minimum atomic E-state index is -0.0906. The van der Waals surface area contributed by atoms with Gasteiger partial charge in [0.1, 0.15) is 5.83 Å². The monoisotopic (exact) mass is 126 g/mol. The van der Waals surface area contributed by atoms with E-state index in [-0.39, 0.29) is 13.3 Å². The summed E-state index contributed by atoms with van der Waals surface area (Å²) in [7, 11) is 0.0593. The van der Waals surface area contributed by atoms with Crippen LogP contribution in [-0.4, -0.2) is 12.5 Å². The summed E-state index contributed by atoms with van der Waals surface area (Å²) < 4.78 is 12.2.